The van der Waals surface area contributed by atoms with E-state index in [1.165, 1.54) is 0 Å². The third-order valence-corrected chi connectivity index (χ3v) is 5.00. The van der Waals surface area contributed by atoms with Gasteiger partial charge in [-0.25, -0.2) is 4.98 Å². The summed E-state index contributed by atoms with van der Waals surface area (Å²) in [5, 5.41) is 22.8. The molecule has 0 aliphatic rings. The lowest BCUT2D eigenvalue weighted by molar-refractivity contribution is 0.0956. The number of aromatic nitrogens is 3. The zero-order valence-electron chi connectivity index (χ0n) is 17.2. The molecule has 0 amide bonds. The van der Waals surface area contributed by atoms with Crippen LogP contribution in [0, 0.1) is 11.8 Å². The molecule has 0 bridgehead atoms. The van der Waals surface area contributed by atoms with Gasteiger partial charge >= 0.3 is 0 Å². The third-order valence-electron chi connectivity index (χ3n) is 5.00. The van der Waals surface area contributed by atoms with Crippen molar-refractivity contribution >= 4 is 0 Å². The first-order valence-electron chi connectivity index (χ1n) is 10.1. The van der Waals surface area contributed by atoms with E-state index >= 15 is 0 Å². The summed E-state index contributed by atoms with van der Waals surface area (Å²) in [6, 6.07) is 17.0. The maximum absolute atomic E-state index is 9.63. The summed E-state index contributed by atoms with van der Waals surface area (Å²) in [6.07, 6.45) is 3.75. The molecule has 1 unspecified atom stereocenters. The predicted octanol–water partition coefficient (Wildman–Crippen LogP) is 3.57. The largest absolute Gasteiger partial charge is 0.393 e. The van der Waals surface area contributed by atoms with Crippen LogP contribution in [0.4, 0.5) is 0 Å². The molecule has 0 fully saturated rings. The molecule has 4 rings (SSSR count). The zero-order valence-corrected chi connectivity index (χ0v) is 17.2. The monoisotopic (exact) mass is 413 g/mol. The first-order valence-corrected chi connectivity index (χ1v) is 10.1. The summed E-state index contributed by atoms with van der Waals surface area (Å²) in [6.45, 7) is 2.41. The van der Waals surface area contributed by atoms with E-state index in [1.807, 2.05) is 48.7 Å². The van der Waals surface area contributed by atoms with Crippen molar-refractivity contribution in [3.05, 3.63) is 95.2 Å². The summed E-state index contributed by atoms with van der Waals surface area (Å²) < 4.78 is 7.59. The van der Waals surface area contributed by atoms with E-state index in [0.29, 0.717) is 17.9 Å². The number of aryl methyl sites for hydroxylation is 1. The minimum Gasteiger partial charge on any atom is -0.393 e. The van der Waals surface area contributed by atoms with E-state index in [1.54, 1.807) is 18.3 Å². The second-order valence-electron chi connectivity index (χ2n) is 7.16. The number of aliphatic hydroxyl groups is 2. The molecular weight excluding hydrogens is 390 g/mol. The fourth-order valence-electron chi connectivity index (χ4n) is 3.25. The van der Waals surface area contributed by atoms with E-state index in [4.69, 9.17) is 9.63 Å². The average Bonchev–Trinajstić information content (AvgIpc) is 3.47. The van der Waals surface area contributed by atoms with Gasteiger partial charge in [-0.2, -0.15) is 0 Å². The molecule has 0 saturated carbocycles. The van der Waals surface area contributed by atoms with Crippen LogP contribution in [0.3, 0.4) is 0 Å². The van der Waals surface area contributed by atoms with Gasteiger partial charge in [0.15, 0.2) is 5.76 Å². The Morgan fingerprint density at radius 1 is 1.03 bits per heavy atom. The number of hydrogen-bond acceptors (Lipinski definition) is 5. The topological polar surface area (TPSA) is 84.3 Å². The Hall–Kier alpha value is -3.66. The highest BCUT2D eigenvalue weighted by Gasteiger charge is 2.09. The van der Waals surface area contributed by atoms with Crippen molar-refractivity contribution in [3.63, 3.8) is 0 Å². The van der Waals surface area contributed by atoms with Crippen LogP contribution in [0.2, 0.25) is 0 Å². The highest BCUT2D eigenvalue weighted by molar-refractivity contribution is 5.59. The Bertz CT molecular complexity index is 1200. The Kier molecular flexibility index (Phi) is 6.27. The first kappa shape index (κ1) is 20.6. The van der Waals surface area contributed by atoms with Gasteiger partial charge in [-0.15, -0.1) is 0 Å². The Morgan fingerprint density at radius 3 is 2.35 bits per heavy atom. The van der Waals surface area contributed by atoms with Crippen molar-refractivity contribution in [1.29, 1.82) is 0 Å². The molecule has 1 atom stereocenters. The van der Waals surface area contributed by atoms with Gasteiger partial charge < -0.3 is 19.3 Å². The summed E-state index contributed by atoms with van der Waals surface area (Å²) in [7, 11) is 0. The Labute approximate surface area is 180 Å². The molecule has 6 heteroatoms. The van der Waals surface area contributed by atoms with Crippen LogP contribution >= 0.6 is 0 Å². The van der Waals surface area contributed by atoms with Crippen LogP contribution in [0.1, 0.15) is 41.2 Å². The summed E-state index contributed by atoms with van der Waals surface area (Å²) >= 11 is 0. The number of benzene rings is 2. The molecule has 2 heterocycles. The second-order valence-corrected chi connectivity index (χ2v) is 7.16. The van der Waals surface area contributed by atoms with E-state index < -0.39 is 6.10 Å². The third kappa shape index (κ3) is 4.92. The SMILES string of the molecule is CCc1nccn1Cc1cc(-c2ccc(C#Cc3ccc(C(O)CO)cc3)cc2)on1. The number of nitrogens with zero attached hydrogens (tertiary/aromatic N) is 3. The van der Waals surface area contributed by atoms with Crippen LogP contribution in [-0.2, 0) is 13.0 Å². The number of imidazole rings is 1. The number of hydrogen-bond donors (Lipinski definition) is 2. The molecule has 6 nitrogen and oxygen atoms in total. The van der Waals surface area contributed by atoms with Crippen LogP contribution in [0.25, 0.3) is 11.3 Å². The van der Waals surface area contributed by atoms with Crippen molar-refractivity contribution < 1.29 is 14.7 Å². The van der Waals surface area contributed by atoms with Gasteiger partial charge in [-0.05, 0) is 42.0 Å². The minimum absolute atomic E-state index is 0.298. The molecule has 31 heavy (non-hydrogen) atoms. The molecule has 0 radical (unpaired) electrons. The lowest BCUT2D eigenvalue weighted by Crippen LogP contribution is -2.03. The fraction of sp³-hybridized carbons (Fsp3) is 0.200. The van der Waals surface area contributed by atoms with Gasteiger partial charge in [-0.1, -0.05) is 36.1 Å². The van der Waals surface area contributed by atoms with Crippen molar-refractivity contribution in [1.82, 2.24) is 14.7 Å². The Balaban J connectivity index is 1.43. The summed E-state index contributed by atoms with van der Waals surface area (Å²) in [5.74, 6) is 7.97. The van der Waals surface area contributed by atoms with Crippen LogP contribution in [-0.4, -0.2) is 31.5 Å². The van der Waals surface area contributed by atoms with Crippen molar-refractivity contribution in [3.8, 4) is 23.2 Å². The molecule has 0 spiro atoms. The van der Waals surface area contributed by atoms with Gasteiger partial charge in [-0.3, -0.25) is 0 Å². The molecule has 0 aliphatic carbocycles. The second kappa shape index (κ2) is 9.43. The van der Waals surface area contributed by atoms with Gasteiger partial charge in [0.1, 0.15) is 17.6 Å². The van der Waals surface area contributed by atoms with Crippen LogP contribution < -0.4 is 0 Å². The zero-order chi connectivity index (χ0) is 21.6. The maximum Gasteiger partial charge on any atom is 0.167 e. The van der Waals surface area contributed by atoms with Crippen molar-refractivity contribution in [2.45, 2.75) is 26.0 Å². The van der Waals surface area contributed by atoms with Crippen LogP contribution in [0.5, 0.6) is 0 Å². The molecule has 156 valence electrons. The number of rotatable bonds is 6. The normalized spacial score (nSPS) is 11.7. The van der Waals surface area contributed by atoms with Gasteiger partial charge in [0, 0.05) is 41.6 Å². The van der Waals surface area contributed by atoms with Gasteiger partial charge in [0.2, 0.25) is 0 Å². The molecule has 2 aromatic carbocycles. The first-order chi connectivity index (χ1) is 15.2. The molecule has 0 aliphatic heterocycles. The average molecular weight is 413 g/mol. The lowest BCUT2D eigenvalue weighted by atomic mass is 10.1. The molecule has 4 aromatic rings. The van der Waals surface area contributed by atoms with E-state index in [9.17, 15) is 5.11 Å². The quantitative estimate of drug-likeness (QED) is 0.472. The maximum atomic E-state index is 9.63. The lowest BCUT2D eigenvalue weighted by Gasteiger charge is -2.06. The molecule has 2 aromatic heterocycles. The number of aliphatic hydroxyl groups excluding tert-OH is 2. The van der Waals surface area contributed by atoms with E-state index in [2.05, 4.69) is 33.5 Å². The van der Waals surface area contributed by atoms with E-state index in [0.717, 1.165) is 34.6 Å². The van der Waals surface area contributed by atoms with Crippen molar-refractivity contribution in [2.75, 3.05) is 6.61 Å². The smallest absolute Gasteiger partial charge is 0.167 e. The minimum atomic E-state index is -0.861. The molecule has 2 N–H and O–H groups in total. The summed E-state index contributed by atoms with van der Waals surface area (Å²) in [4.78, 5) is 4.33. The van der Waals surface area contributed by atoms with E-state index in [-0.39, 0.29) is 6.61 Å². The van der Waals surface area contributed by atoms with Gasteiger partial charge in [0.25, 0.3) is 0 Å². The predicted molar refractivity (Wildman–Crippen MR) is 117 cm³/mol. The van der Waals surface area contributed by atoms with Crippen LogP contribution in [0.15, 0.2) is 71.5 Å². The summed E-state index contributed by atoms with van der Waals surface area (Å²) in [5.41, 5.74) is 4.18. The fourth-order valence-corrected chi connectivity index (χ4v) is 3.25. The molecule has 0 saturated heterocycles. The Morgan fingerprint density at radius 2 is 1.71 bits per heavy atom. The highest BCUT2D eigenvalue weighted by atomic mass is 16.5. The van der Waals surface area contributed by atoms with Crippen molar-refractivity contribution in [2.24, 2.45) is 0 Å². The van der Waals surface area contributed by atoms with Gasteiger partial charge in [0.05, 0.1) is 13.2 Å². The highest BCUT2D eigenvalue weighted by Crippen LogP contribution is 2.21. The standard InChI is InChI=1S/C25H23N3O3/c1-2-25-26-13-14-28(25)16-22-15-24(31-27-22)21-11-7-19(8-12-21)4-3-18-5-9-20(10-6-18)23(30)17-29/h5-15,23,29-30H,2,16-17H2,1H3. The molecular formula is C25H23N3O3.